The van der Waals surface area contributed by atoms with Crippen LogP contribution in [0.1, 0.15) is 28.8 Å². The summed E-state index contributed by atoms with van der Waals surface area (Å²) in [7, 11) is 0. The molecule has 2 amide bonds. The number of nitrogens with zero attached hydrogens (tertiary/aromatic N) is 5. The number of carbonyl (C=O) groups excluding carboxylic acids is 2. The first kappa shape index (κ1) is 18.7. The summed E-state index contributed by atoms with van der Waals surface area (Å²) < 4.78 is 1.61. The van der Waals surface area contributed by atoms with Gasteiger partial charge in [-0.05, 0) is 48.8 Å². The number of nitrogens with one attached hydrogen (secondary N) is 1. The second-order valence-corrected chi connectivity index (χ2v) is 8.15. The molecule has 5 rings (SSSR count). The summed E-state index contributed by atoms with van der Waals surface area (Å²) in [6, 6.07) is 5.70. The first-order valence-corrected chi connectivity index (χ1v) is 10.4. The van der Waals surface area contributed by atoms with Gasteiger partial charge in [0.05, 0.1) is 6.20 Å². The Bertz CT molecular complexity index is 1070. The number of rotatable bonds is 5. The normalized spacial score (nSPS) is 22.9. The Morgan fingerprint density at radius 2 is 2.13 bits per heavy atom. The van der Waals surface area contributed by atoms with Crippen LogP contribution in [0.4, 0.5) is 0 Å². The molecule has 1 aliphatic heterocycles. The SMILES string of the molecule is O=C(NCCc1cccnc1)[C@@H]1C[C@H]2CCN(C(=O)c3cnn4cccnc34)C[C@H]21. The quantitative estimate of drug-likeness (QED) is 0.697. The number of hydrogen-bond acceptors (Lipinski definition) is 5. The van der Waals surface area contributed by atoms with Crippen molar-refractivity contribution in [3.63, 3.8) is 0 Å². The lowest BCUT2D eigenvalue weighted by Gasteiger charge is -2.50. The zero-order valence-electron chi connectivity index (χ0n) is 16.6. The Labute approximate surface area is 174 Å². The molecular weight excluding hydrogens is 380 g/mol. The van der Waals surface area contributed by atoms with E-state index in [2.05, 4.69) is 20.4 Å². The summed E-state index contributed by atoms with van der Waals surface area (Å²) in [5, 5.41) is 7.29. The highest BCUT2D eigenvalue weighted by Crippen LogP contribution is 2.45. The van der Waals surface area contributed by atoms with Crippen molar-refractivity contribution in [1.29, 1.82) is 0 Å². The Hall–Kier alpha value is -3.29. The molecular formula is C22H24N6O2. The lowest BCUT2D eigenvalue weighted by molar-refractivity contribution is -0.136. The van der Waals surface area contributed by atoms with Crippen LogP contribution in [0.5, 0.6) is 0 Å². The predicted octanol–water partition coefficient (Wildman–Crippen LogP) is 1.58. The van der Waals surface area contributed by atoms with E-state index in [9.17, 15) is 9.59 Å². The summed E-state index contributed by atoms with van der Waals surface area (Å²) in [5.74, 6) is 0.805. The molecule has 3 aromatic rings. The van der Waals surface area contributed by atoms with Crippen LogP contribution >= 0.6 is 0 Å². The lowest BCUT2D eigenvalue weighted by Crippen LogP contribution is -2.56. The molecule has 1 saturated carbocycles. The second-order valence-electron chi connectivity index (χ2n) is 8.15. The van der Waals surface area contributed by atoms with Crippen molar-refractivity contribution in [2.24, 2.45) is 17.8 Å². The smallest absolute Gasteiger partial charge is 0.259 e. The van der Waals surface area contributed by atoms with Crippen LogP contribution in [-0.4, -0.2) is 55.9 Å². The number of likely N-dealkylation sites (tertiary alicyclic amines) is 1. The molecule has 0 radical (unpaired) electrons. The molecule has 4 heterocycles. The molecule has 154 valence electrons. The van der Waals surface area contributed by atoms with Crippen molar-refractivity contribution in [3.05, 3.63) is 60.3 Å². The van der Waals surface area contributed by atoms with Gasteiger partial charge in [0.15, 0.2) is 5.65 Å². The average molecular weight is 404 g/mol. The predicted molar refractivity (Wildman–Crippen MR) is 110 cm³/mol. The van der Waals surface area contributed by atoms with Gasteiger partial charge >= 0.3 is 0 Å². The van der Waals surface area contributed by atoms with E-state index in [1.54, 1.807) is 35.4 Å². The number of fused-ring (bicyclic) bond motifs is 2. The van der Waals surface area contributed by atoms with Gasteiger partial charge in [0.2, 0.25) is 5.91 Å². The number of aromatic nitrogens is 4. The van der Waals surface area contributed by atoms with E-state index in [0.29, 0.717) is 30.2 Å². The number of hydrogen-bond donors (Lipinski definition) is 1. The Kier molecular flexibility index (Phi) is 4.90. The van der Waals surface area contributed by atoms with E-state index in [0.717, 1.165) is 31.4 Å². The van der Waals surface area contributed by atoms with E-state index in [4.69, 9.17) is 0 Å². The molecule has 1 aliphatic carbocycles. The van der Waals surface area contributed by atoms with Crippen molar-refractivity contribution in [2.45, 2.75) is 19.3 Å². The molecule has 8 nitrogen and oxygen atoms in total. The minimum Gasteiger partial charge on any atom is -0.356 e. The maximum Gasteiger partial charge on any atom is 0.259 e. The van der Waals surface area contributed by atoms with Crippen molar-refractivity contribution in [1.82, 2.24) is 29.8 Å². The molecule has 2 aliphatic rings. The summed E-state index contributed by atoms with van der Waals surface area (Å²) in [6.07, 6.45) is 11.2. The first-order chi connectivity index (χ1) is 14.7. The number of carbonyl (C=O) groups is 2. The van der Waals surface area contributed by atoms with Crippen LogP contribution in [-0.2, 0) is 11.2 Å². The zero-order valence-corrected chi connectivity index (χ0v) is 16.6. The van der Waals surface area contributed by atoms with Gasteiger partial charge in [0.25, 0.3) is 5.91 Å². The minimum absolute atomic E-state index is 0.0125. The van der Waals surface area contributed by atoms with Gasteiger partial charge in [-0.25, -0.2) is 9.50 Å². The first-order valence-electron chi connectivity index (χ1n) is 10.4. The third-order valence-corrected chi connectivity index (χ3v) is 6.45. The third-order valence-electron chi connectivity index (χ3n) is 6.45. The molecule has 2 fully saturated rings. The molecule has 8 heteroatoms. The Morgan fingerprint density at radius 3 is 3.00 bits per heavy atom. The summed E-state index contributed by atoms with van der Waals surface area (Å²) in [5.41, 5.74) is 2.20. The van der Waals surface area contributed by atoms with Crippen LogP contribution in [0.25, 0.3) is 5.65 Å². The van der Waals surface area contributed by atoms with Gasteiger partial charge in [0, 0.05) is 50.3 Å². The second kappa shape index (κ2) is 7.85. The van der Waals surface area contributed by atoms with E-state index in [1.165, 1.54) is 0 Å². The summed E-state index contributed by atoms with van der Waals surface area (Å²) in [4.78, 5) is 36.0. The molecule has 1 saturated heterocycles. The van der Waals surface area contributed by atoms with Gasteiger partial charge in [-0.15, -0.1) is 0 Å². The maximum absolute atomic E-state index is 13.1. The maximum atomic E-state index is 13.1. The molecule has 1 N–H and O–H groups in total. The van der Waals surface area contributed by atoms with E-state index in [1.807, 2.05) is 23.2 Å². The topological polar surface area (TPSA) is 92.5 Å². The summed E-state index contributed by atoms with van der Waals surface area (Å²) in [6.45, 7) is 1.95. The number of pyridine rings is 1. The van der Waals surface area contributed by atoms with Gasteiger partial charge in [-0.2, -0.15) is 5.10 Å². The molecule has 0 unspecified atom stereocenters. The van der Waals surface area contributed by atoms with Crippen molar-refractivity contribution in [2.75, 3.05) is 19.6 Å². The van der Waals surface area contributed by atoms with E-state index >= 15 is 0 Å². The van der Waals surface area contributed by atoms with E-state index < -0.39 is 0 Å². The average Bonchev–Trinajstić information content (AvgIpc) is 3.19. The van der Waals surface area contributed by atoms with Crippen LogP contribution in [0.3, 0.4) is 0 Å². The fourth-order valence-corrected chi connectivity index (χ4v) is 4.73. The van der Waals surface area contributed by atoms with Crippen LogP contribution in [0.15, 0.2) is 49.2 Å². The highest BCUT2D eigenvalue weighted by atomic mass is 16.2. The highest BCUT2D eigenvalue weighted by Gasteiger charge is 2.48. The molecule has 3 aromatic heterocycles. The van der Waals surface area contributed by atoms with Gasteiger partial charge in [-0.3, -0.25) is 14.6 Å². The highest BCUT2D eigenvalue weighted by molar-refractivity contribution is 5.99. The lowest BCUT2D eigenvalue weighted by atomic mass is 9.61. The van der Waals surface area contributed by atoms with Crippen LogP contribution in [0, 0.1) is 17.8 Å². The third kappa shape index (κ3) is 3.42. The minimum atomic E-state index is -0.0511. The fourth-order valence-electron chi connectivity index (χ4n) is 4.73. The molecule has 0 bridgehead atoms. The number of amides is 2. The van der Waals surface area contributed by atoms with E-state index in [-0.39, 0.29) is 23.7 Å². The van der Waals surface area contributed by atoms with Crippen molar-refractivity contribution < 1.29 is 9.59 Å². The zero-order chi connectivity index (χ0) is 20.5. The summed E-state index contributed by atoms with van der Waals surface area (Å²) >= 11 is 0. The van der Waals surface area contributed by atoms with Crippen LogP contribution < -0.4 is 5.32 Å². The largest absolute Gasteiger partial charge is 0.356 e. The molecule has 0 spiro atoms. The van der Waals surface area contributed by atoms with Gasteiger partial charge in [-0.1, -0.05) is 6.07 Å². The molecule has 0 aromatic carbocycles. The van der Waals surface area contributed by atoms with Gasteiger partial charge < -0.3 is 10.2 Å². The fraction of sp³-hybridized carbons (Fsp3) is 0.409. The monoisotopic (exact) mass is 404 g/mol. The van der Waals surface area contributed by atoms with Crippen molar-refractivity contribution in [3.8, 4) is 0 Å². The van der Waals surface area contributed by atoms with Gasteiger partial charge in [0.1, 0.15) is 5.56 Å². The molecule has 3 atom stereocenters. The van der Waals surface area contributed by atoms with Crippen molar-refractivity contribution >= 4 is 17.5 Å². The standard InChI is InChI=1S/C22H24N6O2/c29-21(25-8-4-15-3-1-6-23-12-15)17-11-16-5-10-27(14-19(16)17)22(30)18-13-26-28-9-2-7-24-20(18)28/h1-3,6-7,9,12-13,16-17,19H,4-5,8,10-11,14H2,(H,25,29)/t16-,17-,19-/m1/s1. The Morgan fingerprint density at radius 1 is 1.20 bits per heavy atom. The number of piperidine rings is 1. The Balaban J connectivity index is 1.19. The van der Waals surface area contributed by atoms with Crippen LogP contribution in [0.2, 0.25) is 0 Å². The molecule has 30 heavy (non-hydrogen) atoms.